The summed E-state index contributed by atoms with van der Waals surface area (Å²) >= 11 is 0. The lowest BCUT2D eigenvalue weighted by atomic mass is 10.0. The lowest BCUT2D eigenvalue weighted by Gasteiger charge is -2.41. The summed E-state index contributed by atoms with van der Waals surface area (Å²) in [6.45, 7) is 6.55. The molecule has 8 heteroatoms. The molecule has 1 saturated heterocycles. The van der Waals surface area contributed by atoms with Crippen LogP contribution in [-0.2, 0) is 6.54 Å². The zero-order valence-electron chi connectivity index (χ0n) is 19.8. The number of imidazole rings is 1. The minimum atomic E-state index is -0.244. The normalized spacial score (nSPS) is 17.5. The number of amides is 1. The van der Waals surface area contributed by atoms with E-state index < -0.39 is 0 Å². The molecule has 2 atom stereocenters. The Morgan fingerprint density at radius 2 is 1.91 bits per heavy atom. The third kappa shape index (κ3) is 4.88. The van der Waals surface area contributed by atoms with Crippen LogP contribution in [0.2, 0.25) is 0 Å². The van der Waals surface area contributed by atoms with Crippen molar-refractivity contribution in [2.75, 3.05) is 19.6 Å². The lowest BCUT2D eigenvalue weighted by Crippen LogP contribution is -2.50. The molecule has 0 spiro atoms. The number of carbonyl (C=O) groups is 1. The average Bonchev–Trinajstić information content (AvgIpc) is 3.53. The molecule has 0 aliphatic carbocycles. The summed E-state index contributed by atoms with van der Waals surface area (Å²) < 4.78 is 20.7. The van der Waals surface area contributed by atoms with Gasteiger partial charge in [0.15, 0.2) is 5.69 Å². The fraction of sp³-hybridized carbons (Fsp3) is 0.296. The smallest absolute Gasteiger partial charge is 0.276 e. The predicted octanol–water partition coefficient (Wildman–Crippen LogP) is 4.63. The monoisotopic (exact) mass is 473 g/mol. The number of hydrogen-bond donors (Lipinski definition) is 0. The summed E-state index contributed by atoms with van der Waals surface area (Å²) in [7, 11) is 0. The van der Waals surface area contributed by atoms with E-state index in [-0.39, 0.29) is 23.8 Å². The van der Waals surface area contributed by atoms with Crippen molar-refractivity contribution in [2.24, 2.45) is 0 Å². The van der Waals surface area contributed by atoms with Gasteiger partial charge in [0.1, 0.15) is 11.6 Å². The molecule has 2 aromatic carbocycles. The van der Waals surface area contributed by atoms with Gasteiger partial charge in [-0.2, -0.15) is 0 Å². The van der Waals surface area contributed by atoms with Crippen LogP contribution in [0.4, 0.5) is 4.39 Å². The maximum Gasteiger partial charge on any atom is 0.276 e. The first kappa shape index (κ1) is 23.0. The number of rotatable bonds is 6. The van der Waals surface area contributed by atoms with E-state index in [1.54, 1.807) is 13.0 Å². The van der Waals surface area contributed by atoms with Crippen molar-refractivity contribution < 1.29 is 13.7 Å². The third-order valence-corrected chi connectivity index (χ3v) is 6.66. The summed E-state index contributed by atoms with van der Waals surface area (Å²) in [4.78, 5) is 21.9. The topological polar surface area (TPSA) is 67.4 Å². The van der Waals surface area contributed by atoms with Gasteiger partial charge < -0.3 is 14.0 Å². The van der Waals surface area contributed by atoms with E-state index in [9.17, 15) is 9.18 Å². The summed E-state index contributed by atoms with van der Waals surface area (Å²) in [5.41, 5.74) is 3.51. The van der Waals surface area contributed by atoms with E-state index in [4.69, 9.17) is 4.52 Å². The van der Waals surface area contributed by atoms with E-state index in [1.807, 2.05) is 47.8 Å². The fourth-order valence-corrected chi connectivity index (χ4v) is 4.74. The Morgan fingerprint density at radius 3 is 2.63 bits per heavy atom. The van der Waals surface area contributed by atoms with Crippen LogP contribution in [-0.4, -0.2) is 50.0 Å². The number of piperazine rings is 1. The highest BCUT2D eigenvalue weighted by Gasteiger charge is 2.33. The Hall–Kier alpha value is -3.78. The maximum atomic E-state index is 13.4. The molecule has 35 heavy (non-hydrogen) atoms. The Labute approximate surface area is 203 Å². The zero-order chi connectivity index (χ0) is 24.4. The molecule has 1 aliphatic heterocycles. The molecule has 1 fully saturated rings. The molecule has 2 unspecified atom stereocenters. The molecule has 1 aliphatic rings. The molecular formula is C27H28FN5O2. The van der Waals surface area contributed by atoms with E-state index in [0.717, 1.165) is 23.4 Å². The maximum absolute atomic E-state index is 13.4. The number of halogens is 1. The van der Waals surface area contributed by atoms with Crippen molar-refractivity contribution in [3.05, 3.63) is 107 Å². The van der Waals surface area contributed by atoms with Gasteiger partial charge in [-0.15, -0.1) is 0 Å². The fourth-order valence-electron chi connectivity index (χ4n) is 4.74. The Morgan fingerprint density at radius 1 is 1.14 bits per heavy atom. The van der Waals surface area contributed by atoms with Crippen LogP contribution >= 0.6 is 0 Å². The van der Waals surface area contributed by atoms with Gasteiger partial charge in [-0.05, 0) is 37.1 Å². The predicted molar refractivity (Wildman–Crippen MR) is 129 cm³/mol. The largest absolute Gasteiger partial charge is 0.361 e. The molecule has 0 saturated carbocycles. The molecule has 180 valence electrons. The van der Waals surface area contributed by atoms with Crippen molar-refractivity contribution in [1.29, 1.82) is 0 Å². The van der Waals surface area contributed by atoms with Crippen LogP contribution in [0.3, 0.4) is 0 Å². The molecule has 0 N–H and O–H groups in total. The van der Waals surface area contributed by atoms with Gasteiger partial charge in [0, 0.05) is 38.4 Å². The molecule has 1 amide bonds. The highest BCUT2D eigenvalue weighted by molar-refractivity contribution is 5.92. The second-order valence-electron chi connectivity index (χ2n) is 9.00. The summed E-state index contributed by atoms with van der Waals surface area (Å²) in [5.74, 6) is 0.254. The lowest BCUT2D eigenvalue weighted by molar-refractivity contribution is 0.0420. The van der Waals surface area contributed by atoms with Crippen LogP contribution in [0.25, 0.3) is 0 Å². The first-order chi connectivity index (χ1) is 17.0. The number of carbonyl (C=O) groups excluding carboxylic acids is 1. The van der Waals surface area contributed by atoms with Gasteiger partial charge in [-0.3, -0.25) is 9.69 Å². The number of nitrogens with zero attached hydrogens (tertiary/aromatic N) is 5. The van der Waals surface area contributed by atoms with Gasteiger partial charge in [0.25, 0.3) is 5.91 Å². The Balaban J connectivity index is 1.36. The second kappa shape index (κ2) is 9.84. The van der Waals surface area contributed by atoms with E-state index in [2.05, 4.69) is 38.7 Å². The van der Waals surface area contributed by atoms with Crippen LogP contribution in [0, 0.1) is 12.7 Å². The standard InChI is InChI=1S/C27H28FN5O2/c1-19-14-25(30-35-19)27(34)32-13-12-31(17-26(32)22-6-4-3-5-7-22)16-24-15-29-18-33(24)20(2)21-8-10-23(28)11-9-21/h3-11,14-15,18,20,26H,12-13,16-17H2,1-2H3. The van der Waals surface area contributed by atoms with Gasteiger partial charge in [0.05, 0.1) is 24.1 Å². The number of benzene rings is 2. The van der Waals surface area contributed by atoms with Crippen molar-refractivity contribution in [1.82, 2.24) is 24.5 Å². The van der Waals surface area contributed by atoms with Crippen molar-refractivity contribution >= 4 is 5.91 Å². The van der Waals surface area contributed by atoms with Gasteiger partial charge >= 0.3 is 0 Å². The van der Waals surface area contributed by atoms with E-state index in [0.29, 0.717) is 31.1 Å². The first-order valence-electron chi connectivity index (χ1n) is 11.8. The quantitative estimate of drug-likeness (QED) is 0.409. The highest BCUT2D eigenvalue weighted by atomic mass is 19.1. The van der Waals surface area contributed by atoms with Crippen LogP contribution < -0.4 is 0 Å². The molecule has 2 aromatic heterocycles. The third-order valence-electron chi connectivity index (χ3n) is 6.66. The molecule has 7 nitrogen and oxygen atoms in total. The molecule has 5 rings (SSSR count). The molecule has 0 bridgehead atoms. The molecule has 0 radical (unpaired) electrons. The number of aromatic nitrogens is 3. The van der Waals surface area contributed by atoms with Crippen molar-refractivity contribution in [3.8, 4) is 0 Å². The zero-order valence-corrected chi connectivity index (χ0v) is 19.8. The Kier molecular flexibility index (Phi) is 6.46. The van der Waals surface area contributed by atoms with Crippen molar-refractivity contribution in [2.45, 2.75) is 32.5 Å². The van der Waals surface area contributed by atoms with Crippen molar-refractivity contribution in [3.63, 3.8) is 0 Å². The minimum Gasteiger partial charge on any atom is -0.361 e. The molecule has 3 heterocycles. The van der Waals surface area contributed by atoms with Crippen LogP contribution in [0.5, 0.6) is 0 Å². The highest BCUT2D eigenvalue weighted by Crippen LogP contribution is 2.29. The number of hydrogen-bond acceptors (Lipinski definition) is 5. The average molecular weight is 474 g/mol. The van der Waals surface area contributed by atoms with Gasteiger partial charge in [-0.1, -0.05) is 47.6 Å². The number of aryl methyl sites for hydroxylation is 1. The van der Waals surface area contributed by atoms with Crippen LogP contribution in [0.15, 0.2) is 77.7 Å². The Bertz CT molecular complexity index is 1280. The van der Waals surface area contributed by atoms with Gasteiger partial charge in [-0.25, -0.2) is 9.37 Å². The van der Waals surface area contributed by atoms with E-state index >= 15 is 0 Å². The summed E-state index contributed by atoms with van der Waals surface area (Å²) in [6.07, 6.45) is 3.71. The summed E-state index contributed by atoms with van der Waals surface area (Å²) in [6, 6.07) is 18.3. The second-order valence-corrected chi connectivity index (χ2v) is 9.00. The van der Waals surface area contributed by atoms with Gasteiger partial charge in [0.2, 0.25) is 0 Å². The molecule has 4 aromatic rings. The first-order valence-corrected chi connectivity index (χ1v) is 11.8. The summed E-state index contributed by atoms with van der Waals surface area (Å²) in [5, 5.41) is 3.95. The van der Waals surface area contributed by atoms with Crippen LogP contribution in [0.1, 0.15) is 52.1 Å². The SMILES string of the molecule is Cc1cc(C(=O)N2CCN(Cc3cncn3C(C)c3ccc(F)cc3)CC2c2ccccc2)no1. The minimum absolute atomic E-state index is 0.0243. The van der Waals surface area contributed by atoms with E-state index in [1.165, 1.54) is 12.1 Å². The molecular weight excluding hydrogens is 445 g/mol.